The maximum atomic E-state index is 13.3. The zero-order valence-electron chi connectivity index (χ0n) is 20.3. The van der Waals surface area contributed by atoms with E-state index in [1.807, 2.05) is 36.4 Å². The molecule has 0 spiro atoms. The van der Waals surface area contributed by atoms with Crippen LogP contribution in [0, 0.1) is 5.92 Å². The van der Waals surface area contributed by atoms with E-state index < -0.39 is 21.8 Å². The van der Waals surface area contributed by atoms with Crippen LogP contribution in [0.1, 0.15) is 28.8 Å². The van der Waals surface area contributed by atoms with Gasteiger partial charge >= 0.3 is 0 Å². The number of primary amides is 1. The summed E-state index contributed by atoms with van der Waals surface area (Å²) in [6.07, 6.45) is 2.92. The first kappa shape index (κ1) is 25.5. The molecule has 10 heteroatoms. The van der Waals surface area contributed by atoms with Gasteiger partial charge in [-0.3, -0.25) is 9.59 Å². The lowest BCUT2D eigenvalue weighted by Gasteiger charge is -2.31. The van der Waals surface area contributed by atoms with E-state index in [4.69, 9.17) is 10.2 Å². The number of nitrogens with zero attached hydrogens (tertiary/aromatic N) is 2. The average molecular weight is 511 g/mol. The van der Waals surface area contributed by atoms with Gasteiger partial charge in [-0.1, -0.05) is 24.3 Å². The summed E-state index contributed by atoms with van der Waals surface area (Å²) < 4.78 is 32.3. The van der Waals surface area contributed by atoms with Crippen molar-refractivity contribution in [2.75, 3.05) is 32.5 Å². The van der Waals surface area contributed by atoms with Crippen LogP contribution in [-0.2, 0) is 21.4 Å². The van der Waals surface area contributed by atoms with Crippen molar-refractivity contribution in [1.29, 1.82) is 0 Å². The number of nitrogens with two attached hydrogens (primary N) is 1. The molecule has 2 amide bonds. The Bertz CT molecular complexity index is 1340. The Labute approximate surface area is 210 Å². The summed E-state index contributed by atoms with van der Waals surface area (Å²) in [6.45, 7) is 1.13. The molecule has 1 unspecified atom stereocenters. The number of rotatable bonds is 8. The summed E-state index contributed by atoms with van der Waals surface area (Å²) in [7, 11) is -0.898. The normalized spacial score (nSPS) is 16.2. The minimum absolute atomic E-state index is 0.0116. The van der Waals surface area contributed by atoms with Gasteiger partial charge in [0.25, 0.3) is 5.91 Å². The van der Waals surface area contributed by atoms with Crippen LogP contribution in [0.3, 0.4) is 0 Å². The van der Waals surface area contributed by atoms with Crippen LogP contribution in [-0.4, -0.2) is 56.6 Å². The van der Waals surface area contributed by atoms with Gasteiger partial charge in [0.15, 0.2) is 0 Å². The molecule has 0 bridgehead atoms. The number of benzene rings is 2. The van der Waals surface area contributed by atoms with Gasteiger partial charge in [-0.25, -0.2) is 12.7 Å². The molecule has 1 fully saturated rings. The first-order valence-electron chi connectivity index (χ1n) is 11.7. The van der Waals surface area contributed by atoms with Crippen LogP contribution in [0.4, 0.5) is 5.69 Å². The van der Waals surface area contributed by atoms with Crippen molar-refractivity contribution < 1.29 is 22.4 Å². The second kappa shape index (κ2) is 10.5. The number of sulfonamides is 1. The molecular weight excluding hydrogens is 480 g/mol. The van der Waals surface area contributed by atoms with Gasteiger partial charge in [0.2, 0.25) is 15.9 Å². The van der Waals surface area contributed by atoms with Crippen LogP contribution in [0.2, 0.25) is 0 Å². The third kappa shape index (κ3) is 5.60. The molecule has 0 radical (unpaired) electrons. The Kier molecular flexibility index (Phi) is 7.46. The standard InChI is InChI=1S/C26H30N4O5S/c1-29(2)36(33,34)23-14-21(26(32)30-11-3-5-20(17-30)25(27)31)13-22(15-23)28-16-18-7-9-19(10-8-18)24-6-4-12-35-24/h4,6-10,12-15,20,28H,3,5,11,16-17H2,1-2H3,(H2,27,31). The number of hydrogen-bond donors (Lipinski definition) is 2. The van der Waals surface area contributed by atoms with E-state index in [9.17, 15) is 18.0 Å². The van der Waals surface area contributed by atoms with Gasteiger partial charge < -0.3 is 20.4 Å². The first-order chi connectivity index (χ1) is 17.1. The van der Waals surface area contributed by atoms with Crippen molar-refractivity contribution in [3.05, 3.63) is 72.0 Å². The van der Waals surface area contributed by atoms with E-state index in [1.165, 1.54) is 26.2 Å². The first-order valence-corrected chi connectivity index (χ1v) is 13.1. The smallest absolute Gasteiger partial charge is 0.253 e. The Balaban J connectivity index is 1.58. The number of furan rings is 1. The highest BCUT2D eigenvalue weighted by Crippen LogP contribution is 2.26. The fraction of sp³-hybridized carbons (Fsp3) is 0.308. The molecule has 1 atom stereocenters. The fourth-order valence-corrected chi connectivity index (χ4v) is 5.17. The van der Waals surface area contributed by atoms with Crippen LogP contribution < -0.4 is 11.1 Å². The highest BCUT2D eigenvalue weighted by molar-refractivity contribution is 7.89. The fourth-order valence-electron chi connectivity index (χ4n) is 4.19. The Morgan fingerprint density at radius 3 is 2.53 bits per heavy atom. The van der Waals surface area contributed by atoms with Crippen molar-refractivity contribution >= 4 is 27.5 Å². The highest BCUT2D eigenvalue weighted by atomic mass is 32.2. The number of anilines is 1. The average Bonchev–Trinajstić information content (AvgIpc) is 3.42. The molecule has 0 aliphatic carbocycles. The summed E-state index contributed by atoms with van der Waals surface area (Å²) in [5, 5.41) is 3.24. The topological polar surface area (TPSA) is 126 Å². The van der Waals surface area contributed by atoms with Crippen LogP contribution in [0.25, 0.3) is 11.3 Å². The zero-order valence-corrected chi connectivity index (χ0v) is 21.1. The molecule has 1 saturated heterocycles. The molecular formula is C26H30N4O5S. The quantitative estimate of drug-likeness (QED) is 0.480. The number of hydrogen-bond acceptors (Lipinski definition) is 6. The molecule has 1 aliphatic rings. The van der Waals surface area contributed by atoms with Crippen LogP contribution >= 0.6 is 0 Å². The molecule has 2 heterocycles. The molecule has 3 aromatic rings. The van der Waals surface area contributed by atoms with Crippen LogP contribution in [0.5, 0.6) is 0 Å². The number of carbonyl (C=O) groups is 2. The predicted octanol–water partition coefficient (Wildman–Crippen LogP) is 3.15. The zero-order chi connectivity index (χ0) is 25.9. The van der Waals surface area contributed by atoms with Gasteiger partial charge in [-0.15, -0.1) is 0 Å². The van der Waals surface area contributed by atoms with E-state index >= 15 is 0 Å². The largest absolute Gasteiger partial charge is 0.464 e. The minimum atomic E-state index is -3.79. The minimum Gasteiger partial charge on any atom is -0.464 e. The molecule has 1 aliphatic heterocycles. The molecule has 9 nitrogen and oxygen atoms in total. The van der Waals surface area contributed by atoms with E-state index in [0.29, 0.717) is 31.6 Å². The Morgan fingerprint density at radius 1 is 1.14 bits per heavy atom. The molecule has 1 aromatic heterocycles. The van der Waals surface area contributed by atoms with Crippen molar-refractivity contribution in [3.8, 4) is 11.3 Å². The van der Waals surface area contributed by atoms with Crippen molar-refractivity contribution in [1.82, 2.24) is 9.21 Å². The van der Waals surface area contributed by atoms with Crippen molar-refractivity contribution in [3.63, 3.8) is 0 Å². The maximum absolute atomic E-state index is 13.3. The molecule has 36 heavy (non-hydrogen) atoms. The third-order valence-electron chi connectivity index (χ3n) is 6.30. The second-order valence-corrected chi connectivity index (χ2v) is 11.2. The Morgan fingerprint density at radius 2 is 1.89 bits per heavy atom. The summed E-state index contributed by atoms with van der Waals surface area (Å²) in [6, 6.07) is 16.1. The van der Waals surface area contributed by atoms with E-state index in [1.54, 1.807) is 17.2 Å². The molecule has 4 rings (SSSR count). The third-order valence-corrected chi connectivity index (χ3v) is 8.09. The van der Waals surface area contributed by atoms with Gasteiger partial charge in [-0.05, 0) is 48.7 Å². The number of nitrogens with one attached hydrogen (secondary N) is 1. The highest BCUT2D eigenvalue weighted by Gasteiger charge is 2.29. The number of piperidine rings is 1. The predicted molar refractivity (Wildman–Crippen MR) is 137 cm³/mol. The molecule has 3 N–H and O–H groups in total. The van der Waals surface area contributed by atoms with E-state index in [0.717, 1.165) is 21.2 Å². The molecule has 190 valence electrons. The lowest BCUT2D eigenvalue weighted by atomic mass is 9.97. The Hall–Kier alpha value is -3.63. The van der Waals surface area contributed by atoms with Crippen molar-refractivity contribution in [2.24, 2.45) is 11.7 Å². The van der Waals surface area contributed by atoms with Gasteiger partial charge in [0.1, 0.15) is 5.76 Å². The summed E-state index contributed by atoms with van der Waals surface area (Å²) in [5.41, 5.74) is 8.12. The molecule has 2 aromatic carbocycles. The van der Waals surface area contributed by atoms with Crippen LogP contribution in [0.15, 0.2) is 70.2 Å². The number of carbonyl (C=O) groups excluding carboxylic acids is 2. The monoisotopic (exact) mass is 510 g/mol. The maximum Gasteiger partial charge on any atom is 0.253 e. The van der Waals surface area contributed by atoms with Gasteiger partial charge in [-0.2, -0.15) is 0 Å². The second-order valence-electron chi connectivity index (χ2n) is 9.05. The van der Waals surface area contributed by atoms with E-state index in [2.05, 4.69) is 5.32 Å². The lowest BCUT2D eigenvalue weighted by molar-refractivity contribution is -0.123. The SMILES string of the molecule is CN(C)S(=O)(=O)c1cc(NCc2ccc(-c3ccco3)cc2)cc(C(=O)N2CCCC(C(N)=O)C2)c1. The summed E-state index contributed by atoms with van der Waals surface area (Å²) in [5.74, 6) is -0.395. The number of likely N-dealkylation sites (tertiary alicyclic amines) is 1. The van der Waals surface area contributed by atoms with Gasteiger partial charge in [0, 0.05) is 50.5 Å². The molecule has 0 saturated carbocycles. The summed E-state index contributed by atoms with van der Waals surface area (Å²) in [4.78, 5) is 26.6. The van der Waals surface area contributed by atoms with E-state index in [-0.39, 0.29) is 22.9 Å². The summed E-state index contributed by atoms with van der Waals surface area (Å²) >= 11 is 0. The number of amides is 2. The van der Waals surface area contributed by atoms with Gasteiger partial charge in [0.05, 0.1) is 17.1 Å². The lowest BCUT2D eigenvalue weighted by Crippen LogP contribution is -2.44. The van der Waals surface area contributed by atoms with Crippen molar-refractivity contribution in [2.45, 2.75) is 24.3 Å².